The molecular weight excluding hydrogens is 370 g/mol. The van der Waals surface area contributed by atoms with E-state index in [4.69, 9.17) is 0 Å². The highest BCUT2D eigenvalue weighted by Gasteiger charge is 2.14. The maximum Gasteiger partial charge on any atom is 0.0660 e. The molecule has 0 bridgehead atoms. The molecular formula is C25H27N5. The molecule has 0 atom stereocenters. The fourth-order valence-electron chi connectivity index (χ4n) is 4.06. The Bertz CT molecular complexity index is 1060. The fourth-order valence-corrected chi connectivity index (χ4v) is 4.06. The summed E-state index contributed by atoms with van der Waals surface area (Å²) >= 11 is 0. The van der Waals surface area contributed by atoms with Crippen molar-refractivity contribution < 1.29 is 0 Å². The van der Waals surface area contributed by atoms with E-state index in [-0.39, 0.29) is 0 Å². The molecule has 5 nitrogen and oxygen atoms in total. The van der Waals surface area contributed by atoms with Crippen LogP contribution >= 0.6 is 0 Å². The van der Waals surface area contributed by atoms with Gasteiger partial charge in [0.25, 0.3) is 0 Å². The molecule has 1 fully saturated rings. The van der Waals surface area contributed by atoms with Gasteiger partial charge in [-0.05, 0) is 66.7 Å². The summed E-state index contributed by atoms with van der Waals surface area (Å²) in [5, 5.41) is 3.48. The van der Waals surface area contributed by atoms with Gasteiger partial charge >= 0.3 is 0 Å². The van der Waals surface area contributed by atoms with Crippen molar-refractivity contribution in [3.8, 4) is 5.69 Å². The lowest BCUT2D eigenvalue weighted by atomic mass is 9.98. The molecule has 5 rings (SSSR count). The van der Waals surface area contributed by atoms with Gasteiger partial charge in [-0.25, -0.2) is 0 Å². The molecule has 2 aromatic carbocycles. The van der Waals surface area contributed by atoms with Gasteiger partial charge in [0, 0.05) is 73.6 Å². The number of aromatic nitrogens is 1. The van der Waals surface area contributed by atoms with Crippen LogP contribution in [0.5, 0.6) is 0 Å². The highest BCUT2D eigenvalue weighted by atomic mass is 15.2. The molecule has 0 saturated carbocycles. The largest absolute Gasteiger partial charge is 0.369 e. The van der Waals surface area contributed by atoms with Gasteiger partial charge in [-0.1, -0.05) is 6.07 Å². The Morgan fingerprint density at radius 3 is 2.40 bits per heavy atom. The predicted molar refractivity (Wildman–Crippen MR) is 126 cm³/mol. The van der Waals surface area contributed by atoms with Gasteiger partial charge < -0.3 is 19.7 Å². The highest BCUT2D eigenvalue weighted by molar-refractivity contribution is 5.93. The van der Waals surface area contributed by atoms with Crippen molar-refractivity contribution in [3.05, 3.63) is 84.3 Å². The average molecular weight is 398 g/mol. The maximum absolute atomic E-state index is 4.54. The van der Waals surface area contributed by atoms with E-state index in [2.05, 4.69) is 92.8 Å². The second-order valence-electron chi connectivity index (χ2n) is 7.98. The van der Waals surface area contributed by atoms with Gasteiger partial charge in [0.15, 0.2) is 0 Å². The summed E-state index contributed by atoms with van der Waals surface area (Å²) in [5.74, 6) is 0. The van der Waals surface area contributed by atoms with E-state index in [1.54, 1.807) is 0 Å². The standard InChI is InChI=1S/C25H27N5/c1-28-12-14-30(15-13-28)23-8-5-22(6-9-23)27-19-21-18-26-17-20-4-7-24(16-25(20)21)29-10-2-3-11-29/h2-11,16-17,19,27H,12-15,18H2,1H3/b21-19+. The van der Waals surface area contributed by atoms with Crippen molar-refractivity contribution in [2.75, 3.05) is 50.0 Å². The number of hydrogen-bond acceptors (Lipinski definition) is 4. The summed E-state index contributed by atoms with van der Waals surface area (Å²) in [4.78, 5) is 9.37. The van der Waals surface area contributed by atoms with Crippen molar-refractivity contribution in [2.45, 2.75) is 0 Å². The second kappa shape index (κ2) is 8.20. The monoisotopic (exact) mass is 397 g/mol. The maximum atomic E-state index is 4.54. The van der Waals surface area contributed by atoms with Crippen LogP contribution in [-0.2, 0) is 0 Å². The summed E-state index contributed by atoms with van der Waals surface area (Å²) in [6.45, 7) is 5.11. The Kier molecular flexibility index (Phi) is 5.11. The molecule has 2 aliphatic rings. The minimum atomic E-state index is 0.689. The molecule has 5 heteroatoms. The number of aliphatic imine (C=N–C) groups is 1. The van der Waals surface area contributed by atoms with Crippen LogP contribution < -0.4 is 10.2 Å². The molecule has 0 aliphatic carbocycles. The molecule has 1 saturated heterocycles. The lowest BCUT2D eigenvalue weighted by Crippen LogP contribution is -2.44. The smallest absolute Gasteiger partial charge is 0.0660 e. The van der Waals surface area contributed by atoms with E-state index in [0.29, 0.717) is 6.54 Å². The van der Waals surface area contributed by atoms with Crippen molar-refractivity contribution in [1.82, 2.24) is 9.47 Å². The second-order valence-corrected chi connectivity index (χ2v) is 7.98. The third-order valence-corrected chi connectivity index (χ3v) is 5.93. The summed E-state index contributed by atoms with van der Waals surface area (Å²) < 4.78 is 2.13. The predicted octanol–water partition coefficient (Wildman–Crippen LogP) is 4.11. The lowest BCUT2D eigenvalue weighted by molar-refractivity contribution is 0.313. The van der Waals surface area contributed by atoms with E-state index >= 15 is 0 Å². The van der Waals surface area contributed by atoms with Crippen LogP contribution in [0.25, 0.3) is 11.3 Å². The topological polar surface area (TPSA) is 35.8 Å². The number of anilines is 2. The van der Waals surface area contributed by atoms with Gasteiger partial charge in [-0.2, -0.15) is 0 Å². The number of nitrogens with zero attached hydrogens (tertiary/aromatic N) is 4. The van der Waals surface area contributed by atoms with E-state index in [0.717, 1.165) is 43.1 Å². The van der Waals surface area contributed by atoms with E-state index in [9.17, 15) is 0 Å². The molecule has 2 aliphatic heterocycles. The van der Waals surface area contributed by atoms with Gasteiger partial charge in [-0.3, -0.25) is 4.99 Å². The summed E-state index contributed by atoms with van der Waals surface area (Å²) in [6.07, 6.45) is 8.21. The van der Waals surface area contributed by atoms with E-state index < -0.39 is 0 Å². The van der Waals surface area contributed by atoms with E-state index in [1.165, 1.54) is 16.8 Å². The molecule has 1 aromatic heterocycles. The SMILES string of the molecule is CN1CCN(c2ccc(N/C=C3\CN=Cc4ccc(-n5cccc5)cc43)cc2)CC1. The van der Waals surface area contributed by atoms with Crippen LogP contribution in [0.4, 0.5) is 11.4 Å². The first-order valence-electron chi connectivity index (χ1n) is 10.5. The average Bonchev–Trinajstić information content (AvgIpc) is 3.33. The van der Waals surface area contributed by atoms with Crippen molar-refractivity contribution in [3.63, 3.8) is 0 Å². The number of benzene rings is 2. The third kappa shape index (κ3) is 3.89. The zero-order valence-corrected chi connectivity index (χ0v) is 17.3. The Labute approximate surface area is 178 Å². The number of piperazine rings is 1. The number of nitrogens with one attached hydrogen (secondary N) is 1. The van der Waals surface area contributed by atoms with Crippen molar-refractivity contribution >= 4 is 23.2 Å². The number of likely N-dealkylation sites (N-methyl/N-ethyl adjacent to an activating group) is 1. The first-order valence-corrected chi connectivity index (χ1v) is 10.5. The van der Waals surface area contributed by atoms with Gasteiger partial charge in [0.05, 0.1) is 6.54 Å². The molecule has 0 radical (unpaired) electrons. The Balaban J connectivity index is 1.33. The molecule has 0 unspecified atom stereocenters. The molecule has 3 heterocycles. The zero-order chi connectivity index (χ0) is 20.3. The van der Waals surface area contributed by atoms with Crippen LogP contribution in [0.1, 0.15) is 11.1 Å². The van der Waals surface area contributed by atoms with E-state index in [1.807, 2.05) is 18.3 Å². The molecule has 1 N–H and O–H groups in total. The van der Waals surface area contributed by atoms with Crippen molar-refractivity contribution in [1.29, 1.82) is 0 Å². The Hall–Kier alpha value is -3.31. The summed E-state index contributed by atoms with van der Waals surface area (Å²) in [6, 6.07) is 19.4. The normalized spacial score (nSPS) is 17.9. The summed E-state index contributed by atoms with van der Waals surface area (Å²) in [5.41, 5.74) is 7.15. The number of hydrogen-bond donors (Lipinski definition) is 1. The number of fused-ring (bicyclic) bond motifs is 1. The van der Waals surface area contributed by atoms with Crippen LogP contribution in [-0.4, -0.2) is 55.5 Å². The Morgan fingerprint density at radius 1 is 0.900 bits per heavy atom. The molecule has 152 valence electrons. The lowest BCUT2D eigenvalue weighted by Gasteiger charge is -2.34. The molecule has 30 heavy (non-hydrogen) atoms. The fraction of sp³-hybridized carbons (Fsp3) is 0.240. The van der Waals surface area contributed by atoms with Crippen molar-refractivity contribution in [2.24, 2.45) is 4.99 Å². The first-order chi connectivity index (χ1) is 14.8. The highest BCUT2D eigenvalue weighted by Crippen LogP contribution is 2.26. The first kappa shape index (κ1) is 18.7. The van der Waals surface area contributed by atoms with Crippen LogP contribution in [0.3, 0.4) is 0 Å². The van der Waals surface area contributed by atoms with Gasteiger partial charge in [0.2, 0.25) is 0 Å². The third-order valence-electron chi connectivity index (χ3n) is 5.93. The molecule has 3 aromatic rings. The minimum Gasteiger partial charge on any atom is -0.369 e. The van der Waals surface area contributed by atoms with Crippen LogP contribution in [0, 0.1) is 0 Å². The van der Waals surface area contributed by atoms with Crippen LogP contribution in [0.2, 0.25) is 0 Å². The molecule has 0 spiro atoms. The quantitative estimate of drug-likeness (QED) is 0.720. The number of rotatable bonds is 4. The van der Waals surface area contributed by atoms with Crippen LogP contribution in [0.15, 0.2) is 78.2 Å². The zero-order valence-electron chi connectivity index (χ0n) is 17.3. The minimum absolute atomic E-state index is 0.689. The van der Waals surface area contributed by atoms with Gasteiger partial charge in [0.1, 0.15) is 0 Å². The Morgan fingerprint density at radius 2 is 1.63 bits per heavy atom. The summed E-state index contributed by atoms with van der Waals surface area (Å²) in [7, 11) is 2.19. The van der Waals surface area contributed by atoms with Gasteiger partial charge in [-0.15, -0.1) is 0 Å². The molecule has 0 amide bonds.